The lowest BCUT2D eigenvalue weighted by molar-refractivity contribution is 0.627. The molecule has 0 fully saturated rings. The Kier molecular flexibility index (Phi) is 7.75. The summed E-state index contributed by atoms with van der Waals surface area (Å²) in [6, 6.07) is 79.1. The summed E-state index contributed by atoms with van der Waals surface area (Å²) >= 11 is 0. The van der Waals surface area contributed by atoms with Gasteiger partial charge >= 0.3 is 0 Å². The summed E-state index contributed by atoms with van der Waals surface area (Å²) in [7, 11) is 0. The summed E-state index contributed by atoms with van der Waals surface area (Å²) in [5.41, 5.74) is 15.5. The van der Waals surface area contributed by atoms with Gasteiger partial charge in [-0.2, -0.15) is 0 Å². The largest absolute Gasteiger partial charge is 0.310 e. The molecule has 0 spiro atoms. The molecule has 1 aliphatic heterocycles. The number of nitrogens with zero attached hydrogens (tertiary/aromatic N) is 4. The van der Waals surface area contributed by atoms with Crippen molar-refractivity contribution >= 4 is 88.5 Å². The second-order valence-electron chi connectivity index (χ2n) is 16.3. The highest BCUT2D eigenvalue weighted by Gasteiger charge is 2.29. The van der Waals surface area contributed by atoms with Gasteiger partial charge in [0.15, 0.2) is 0 Å². The summed E-state index contributed by atoms with van der Waals surface area (Å²) in [5.74, 6) is -0.252. The smallest absolute Gasteiger partial charge is 0.123 e. The Hall–Kier alpha value is -8.41. The molecular formula is C58H37FN4. The zero-order chi connectivity index (χ0) is 41.6. The molecule has 0 unspecified atom stereocenters. The van der Waals surface area contributed by atoms with Crippen LogP contribution in [0.5, 0.6) is 0 Å². The van der Waals surface area contributed by atoms with E-state index >= 15 is 0 Å². The molecule has 296 valence electrons. The van der Waals surface area contributed by atoms with Crippen molar-refractivity contribution in [3.63, 3.8) is 0 Å². The van der Waals surface area contributed by atoms with Crippen molar-refractivity contribution in [2.24, 2.45) is 0 Å². The molecule has 63 heavy (non-hydrogen) atoms. The highest BCUT2D eigenvalue weighted by Crippen LogP contribution is 2.54. The van der Waals surface area contributed by atoms with Crippen LogP contribution in [0.4, 0.5) is 38.5 Å². The first-order valence-corrected chi connectivity index (χ1v) is 21.4. The molecule has 0 N–H and O–H groups in total. The van der Waals surface area contributed by atoms with Crippen LogP contribution in [-0.2, 0) is 0 Å². The van der Waals surface area contributed by atoms with E-state index in [9.17, 15) is 4.39 Å². The van der Waals surface area contributed by atoms with Crippen molar-refractivity contribution in [3.05, 3.63) is 230 Å². The molecule has 12 aromatic rings. The van der Waals surface area contributed by atoms with E-state index in [0.29, 0.717) is 0 Å². The van der Waals surface area contributed by atoms with Crippen molar-refractivity contribution in [3.8, 4) is 22.5 Å². The second-order valence-corrected chi connectivity index (χ2v) is 16.3. The van der Waals surface area contributed by atoms with Crippen molar-refractivity contribution in [2.45, 2.75) is 0 Å². The van der Waals surface area contributed by atoms with Crippen molar-refractivity contribution in [2.75, 3.05) is 9.80 Å². The molecule has 0 radical (unpaired) electrons. The maximum absolute atomic E-state index is 14.2. The molecule has 4 nitrogen and oxygen atoms in total. The van der Waals surface area contributed by atoms with Crippen LogP contribution in [0, 0.1) is 5.82 Å². The Bertz CT molecular complexity index is 3760. The molecule has 2 aromatic heterocycles. The molecule has 0 atom stereocenters. The summed E-state index contributed by atoms with van der Waals surface area (Å²) < 4.78 is 18.8. The summed E-state index contributed by atoms with van der Waals surface area (Å²) in [6.07, 6.45) is 0. The van der Waals surface area contributed by atoms with Gasteiger partial charge in [0.25, 0.3) is 0 Å². The zero-order valence-corrected chi connectivity index (χ0v) is 34.0. The molecule has 5 heteroatoms. The van der Waals surface area contributed by atoms with Crippen LogP contribution in [0.2, 0.25) is 0 Å². The standard InChI is InChI=1S/C58H37FN4/c59-38-26-28-41(29-27-38)62-53-24-12-9-20-46(53)50-37-43(31-34-56(50)62)60(42-30-33-55-49(36-42)45-19-8-11-23-52(45)61(55)39-14-3-1-4-15-39)54-35-32-47-44-18-7-10-22-51(44)63(40-16-5-2-6-17-40)57-25-13-21-48(54)58(47)57/h1-37H. The molecule has 13 rings (SSSR count). The Morgan fingerprint density at radius 3 is 1.49 bits per heavy atom. The monoisotopic (exact) mass is 808 g/mol. The zero-order valence-electron chi connectivity index (χ0n) is 34.0. The van der Waals surface area contributed by atoms with E-state index in [2.05, 4.69) is 219 Å². The van der Waals surface area contributed by atoms with Crippen LogP contribution in [-0.4, -0.2) is 9.13 Å². The molecular weight excluding hydrogens is 772 g/mol. The maximum Gasteiger partial charge on any atom is 0.123 e. The highest BCUT2D eigenvalue weighted by molar-refractivity contribution is 6.19. The number of anilines is 6. The van der Waals surface area contributed by atoms with Crippen LogP contribution in [0.3, 0.4) is 0 Å². The van der Waals surface area contributed by atoms with Crippen LogP contribution >= 0.6 is 0 Å². The number of halogens is 1. The van der Waals surface area contributed by atoms with Gasteiger partial charge in [-0.25, -0.2) is 4.39 Å². The molecule has 3 heterocycles. The van der Waals surface area contributed by atoms with Crippen LogP contribution < -0.4 is 9.80 Å². The van der Waals surface area contributed by atoms with Crippen LogP contribution in [0.15, 0.2) is 224 Å². The number of rotatable bonds is 6. The minimum Gasteiger partial charge on any atom is -0.310 e. The quantitative estimate of drug-likeness (QED) is 0.166. The van der Waals surface area contributed by atoms with Crippen molar-refractivity contribution in [1.82, 2.24) is 9.13 Å². The second kappa shape index (κ2) is 13.8. The minimum atomic E-state index is -0.252. The molecule has 0 amide bonds. The lowest BCUT2D eigenvalue weighted by Crippen LogP contribution is -2.16. The fourth-order valence-corrected chi connectivity index (χ4v) is 10.2. The predicted molar refractivity (Wildman–Crippen MR) is 261 cm³/mol. The van der Waals surface area contributed by atoms with Gasteiger partial charge < -0.3 is 18.9 Å². The van der Waals surface area contributed by atoms with Gasteiger partial charge in [-0.05, 0) is 121 Å². The number of hydrogen-bond acceptors (Lipinski definition) is 2. The Labute approximate surface area is 363 Å². The first kappa shape index (κ1) is 35.4. The van der Waals surface area contributed by atoms with Crippen molar-refractivity contribution in [1.29, 1.82) is 0 Å². The molecule has 0 saturated carbocycles. The minimum absolute atomic E-state index is 0.252. The van der Waals surface area contributed by atoms with Gasteiger partial charge in [0, 0.05) is 66.3 Å². The summed E-state index contributed by atoms with van der Waals surface area (Å²) in [4.78, 5) is 4.84. The fraction of sp³-hybridized carbons (Fsp3) is 0. The number of fused-ring (bicyclic) bond motifs is 8. The Balaban J connectivity index is 1.10. The van der Waals surface area contributed by atoms with E-state index in [4.69, 9.17) is 0 Å². The predicted octanol–water partition coefficient (Wildman–Crippen LogP) is 16.1. The van der Waals surface area contributed by atoms with Gasteiger partial charge in [0.2, 0.25) is 0 Å². The van der Waals surface area contributed by atoms with Gasteiger partial charge in [0.1, 0.15) is 5.82 Å². The molecule has 0 saturated heterocycles. The first-order chi connectivity index (χ1) is 31.2. The summed E-state index contributed by atoms with van der Waals surface area (Å²) in [5, 5.41) is 6.98. The number of hydrogen-bond donors (Lipinski definition) is 0. The highest BCUT2D eigenvalue weighted by atomic mass is 19.1. The van der Waals surface area contributed by atoms with Crippen LogP contribution in [0.25, 0.3) is 76.9 Å². The third kappa shape index (κ3) is 5.33. The number of benzene rings is 10. The Morgan fingerprint density at radius 2 is 0.841 bits per heavy atom. The summed E-state index contributed by atoms with van der Waals surface area (Å²) in [6.45, 7) is 0. The van der Waals surface area contributed by atoms with Crippen molar-refractivity contribution < 1.29 is 4.39 Å². The third-order valence-electron chi connectivity index (χ3n) is 12.9. The Morgan fingerprint density at radius 1 is 0.333 bits per heavy atom. The van der Waals surface area contributed by atoms with Gasteiger partial charge in [-0.3, -0.25) is 0 Å². The number of para-hydroxylation sites is 5. The maximum atomic E-state index is 14.2. The first-order valence-electron chi connectivity index (χ1n) is 21.4. The van der Waals surface area contributed by atoms with Gasteiger partial charge in [-0.1, -0.05) is 109 Å². The van der Waals surface area contributed by atoms with Gasteiger partial charge in [-0.15, -0.1) is 0 Å². The molecule has 0 aliphatic carbocycles. The van der Waals surface area contributed by atoms with E-state index in [-0.39, 0.29) is 5.82 Å². The SMILES string of the molecule is Fc1ccc(-n2c3ccccc3c3cc(N(c4ccc5c(c4)c4ccccc4n5-c4ccccc4)c4ccc5c6c(cccc46)N(c4ccccc4)c4ccccc4-5)ccc32)cc1. The van der Waals surface area contributed by atoms with Gasteiger partial charge in [0.05, 0.1) is 39.1 Å². The average Bonchev–Trinajstić information content (AvgIpc) is 3.85. The van der Waals surface area contributed by atoms with E-state index in [1.807, 2.05) is 12.1 Å². The number of aromatic nitrogens is 2. The van der Waals surface area contributed by atoms with E-state index in [1.165, 1.54) is 44.9 Å². The van der Waals surface area contributed by atoms with E-state index in [0.717, 1.165) is 78.2 Å². The molecule has 10 aromatic carbocycles. The normalized spacial score (nSPS) is 12.2. The van der Waals surface area contributed by atoms with Crippen LogP contribution in [0.1, 0.15) is 0 Å². The lowest BCUT2D eigenvalue weighted by Gasteiger charge is -2.35. The average molecular weight is 809 g/mol. The van der Waals surface area contributed by atoms with E-state index < -0.39 is 0 Å². The third-order valence-corrected chi connectivity index (χ3v) is 12.9. The topological polar surface area (TPSA) is 16.3 Å². The fourth-order valence-electron chi connectivity index (χ4n) is 10.2. The molecule has 1 aliphatic rings. The molecule has 0 bridgehead atoms. The lowest BCUT2D eigenvalue weighted by atomic mass is 9.89. The van der Waals surface area contributed by atoms with E-state index in [1.54, 1.807) is 0 Å².